The van der Waals surface area contributed by atoms with Gasteiger partial charge in [0, 0.05) is 5.69 Å². The normalized spacial score (nSPS) is 11.4. The number of amides is 1. The SMILES string of the molecule is O=C(Nc1cccc(CS(=O)(=O)Cc2ccccc2)c1)C(F)F. The summed E-state index contributed by atoms with van der Waals surface area (Å²) in [5, 5.41) is 2.03. The molecular weight excluding hydrogens is 324 g/mol. The molecule has 0 radical (unpaired) electrons. The smallest absolute Gasteiger partial charge is 0.315 e. The van der Waals surface area contributed by atoms with Crippen LogP contribution in [-0.4, -0.2) is 20.8 Å². The molecule has 0 bridgehead atoms. The number of hydrogen-bond donors (Lipinski definition) is 1. The number of sulfone groups is 1. The van der Waals surface area contributed by atoms with Crippen LogP contribution >= 0.6 is 0 Å². The third-order valence-electron chi connectivity index (χ3n) is 3.01. The van der Waals surface area contributed by atoms with E-state index in [1.54, 1.807) is 36.4 Å². The lowest BCUT2D eigenvalue weighted by atomic mass is 10.2. The molecule has 0 unspecified atom stereocenters. The Morgan fingerprint density at radius 1 is 0.957 bits per heavy atom. The van der Waals surface area contributed by atoms with Crippen LogP contribution in [0.2, 0.25) is 0 Å². The summed E-state index contributed by atoms with van der Waals surface area (Å²) >= 11 is 0. The monoisotopic (exact) mass is 339 g/mol. The van der Waals surface area contributed by atoms with Crippen LogP contribution in [0.25, 0.3) is 0 Å². The summed E-state index contributed by atoms with van der Waals surface area (Å²) in [6.07, 6.45) is -3.12. The number of hydrogen-bond acceptors (Lipinski definition) is 3. The molecule has 0 aliphatic carbocycles. The molecule has 0 heterocycles. The van der Waals surface area contributed by atoms with Gasteiger partial charge in [-0.1, -0.05) is 42.5 Å². The summed E-state index contributed by atoms with van der Waals surface area (Å²) in [5.41, 5.74) is 1.24. The highest BCUT2D eigenvalue weighted by atomic mass is 32.2. The van der Waals surface area contributed by atoms with Crippen LogP contribution in [0, 0.1) is 0 Å². The second kappa shape index (κ2) is 7.32. The molecule has 0 atom stereocenters. The van der Waals surface area contributed by atoms with E-state index in [9.17, 15) is 22.0 Å². The summed E-state index contributed by atoms with van der Waals surface area (Å²) < 4.78 is 48.8. The van der Waals surface area contributed by atoms with Crippen molar-refractivity contribution in [2.45, 2.75) is 17.9 Å². The lowest BCUT2D eigenvalue weighted by Gasteiger charge is -2.08. The van der Waals surface area contributed by atoms with E-state index in [1.165, 1.54) is 18.2 Å². The third kappa shape index (κ3) is 5.45. The van der Waals surface area contributed by atoms with Crippen LogP contribution < -0.4 is 5.32 Å². The molecule has 0 fully saturated rings. The molecule has 7 heteroatoms. The minimum atomic E-state index is -3.41. The number of carbonyl (C=O) groups is 1. The van der Waals surface area contributed by atoms with Gasteiger partial charge in [-0.15, -0.1) is 0 Å². The van der Waals surface area contributed by atoms with E-state index in [1.807, 2.05) is 5.32 Å². The van der Waals surface area contributed by atoms with Crippen LogP contribution in [-0.2, 0) is 26.1 Å². The Morgan fingerprint density at radius 2 is 1.57 bits per heavy atom. The number of rotatable bonds is 6. The molecule has 2 rings (SSSR count). The van der Waals surface area contributed by atoms with E-state index in [-0.39, 0.29) is 17.2 Å². The largest absolute Gasteiger partial charge is 0.321 e. The van der Waals surface area contributed by atoms with Crippen molar-refractivity contribution in [1.82, 2.24) is 0 Å². The average molecular weight is 339 g/mol. The van der Waals surface area contributed by atoms with Crippen LogP contribution in [0.4, 0.5) is 14.5 Å². The molecular formula is C16H15F2NO3S. The first kappa shape index (κ1) is 17.1. The second-order valence-corrected chi connectivity index (χ2v) is 7.07. The molecule has 122 valence electrons. The van der Waals surface area contributed by atoms with Gasteiger partial charge in [-0.05, 0) is 23.3 Å². The van der Waals surface area contributed by atoms with Crippen molar-refractivity contribution in [3.05, 3.63) is 65.7 Å². The standard InChI is InChI=1S/C16H15F2NO3S/c17-15(18)16(20)19-14-8-4-7-13(9-14)11-23(21,22)10-12-5-2-1-3-6-12/h1-9,15H,10-11H2,(H,19,20). The molecule has 0 saturated heterocycles. The predicted molar refractivity (Wildman–Crippen MR) is 83.8 cm³/mol. The number of halogens is 2. The molecule has 0 aliphatic heterocycles. The van der Waals surface area contributed by atoms with Gasteiger partial charge in [-0.2, -0.15) is 8.78 Å². The number of anilines is 1. The number of benzene rings is 2. The highest BCUT2D eigenvalue weighted by Gasteiger charge is 2.16. The van der Waals surface area contributed by atoms with Crippen molar-refractivity contribution < 1.29 is 22.0 Å². The van der Waals surface area contributed by atoms with Gasteiger partial charge in [0.25, 0.3) is 5.91 Å². The van der Waals surface area contributed by atoms with Gasteiger partial charge in [0.1, 0.15) is 0 Å². The van der Waals surface area contributed by atoms with Crippen molar-refractivity contribution in [2.24, 2.45) is 0 Å². The maximum atomic E-state index is 12.2. The molecule has 0 aliphatic rings. The van der Waals surface area contributed by atoms with Crippen molar-refractivity contribution in [1.29, 1.82) is 0 Å². The zero-order valence-electron chi connectivity index (χ0n) is 12.1. The van der Waals surface area contributed by atoms with Gasteiger partial charge in [-0.25, -0.2) is 8.42 Å². The van der Waals surface area contributed by atoms with Crippen LogP contribution in [0.3, 0.4) is 0 Å². The highest BCUT2D eigenvalue weighted by Crippen LogP contribution is 2.16. The Bertz CT molecular complexity index is 777. The van der Waals surface area contributed by atoms with E-state index >= 15 is 0 Å². The fourth-order valence-corrected chi connectivity index (χ4v) is 3.56. The lowest BCUT2D eigenvalue weighted by molar-refractivity contribution is -0.126. The Morgan fingerprint density at radius 3 is 2.22 bits per heavy atom. The quantitative estimate of drug-likeness (QED) is 0.880. The van der Waals surface area contributed by atoms with Crippen molar-refractivity contribution in [2.75, 3.05) is 5.32 Å². The second-order valence-electron chi connectivity index (χ2n) is 5.01. The van der Waals surface area contributed by atoms with Crippen LogP contribution in [0.5, 0.6) is 0 Å². The van der Waals surface area contributed by atoms with Gasteiger partial charge < -0.3 is 5.32 Å². The van der Waals surface area contributed by atoms with Gasteiger partial charge in [0.05, 0.1) is 11.5 Å². The zero-order chi connectivity index (χ0) is 16.9. The zero-order valence-corrected chi connectivity index (χ0v) is 12.9. The Balaban J connectivity index is 2.09. The van der Waals surface area contributed by atoms with E-state index in [0.717, 1.165) is 0 Å². The van der Waals surface area contributed by atoms with Crippen molar-refractivity contribution >= 4 is 21.4 Å². The Labute approximate surface area is 133 Å². The molecule has 4 nitrogen and oxygen atoms in total. The maximum Gasteiger partial charge on any atom is 0.315 e. The van der Waals surface area contributed by atoms with E-state index in [0.29, 0.717) is 11.1 Å². The van der Waals surface area contributed by atoms with Crippen molar-refractivity contribution in [3.63, 3.8) is 0 Å². The third-order valence-corrected chi connectivity index (χ3v) is 4.56. The fraction of sp³-hybridized carbons (Fsp3) is 0.188. The molecule has 0 saturated carbocycles. The summed E-state index contributed by atoms with van der Waals surface area (Å²) in [5.74, 6) is -1.77. The molecule has 23 heavy (non-hydrogen) atoms. The number of nitrogens with one attached hydrogen (secondary N) is 1. The minimum absolute atomic E-state index is 0.110. The van der Waals surface area contributed by atoms with Crippen LogP contribution in [0.15, 0.2) is 54.6 Å². The molecule has 0 spiro atoms. The summed E-state index contributed by atoms with van der Waals surface area (Å²) in [6.45, 7) is 0. The predicted octanol–water partition coefficient (Wildman–Crippen LogP) is 3.01. The topological polar surface area (TPSA) is 63.2 Å². The average Bonchev–Trinajstić information content (AvgIpc) is 2.47. The van der Waals surface area contributed by atoms with E-state index in [4.69, 9.17) is 0 Å². The van der Waals surface area contributed by atoms with Gasteiger partial charge >= 0.3 is 6.43 Å². The Hall–Kier alpha value is -2.28. The fourth-order valence-electron chi connectivity index (χ4n) is 2.07. The first-order valence-corrected chi connectivity index (χ1v) is 8.60. The first-order valence-electron chi connectivity index (χ1n) is 6.78. The molecule has 1 N–H and O–H groups in total. The molecule has 1 amide bonds. The van der Waals surface area contributed by atoms with Gasteiger partial charge in [0.2, 0.25) is 0 Å². The van der Waals surface area contributed by atoms with E-state index < -0.39 is 22.2 Å². The molecule has 2 aromatic rings. The van der Waals surface area contributed by atoms with E-state index in [2.05, 4.69) is 0 Å². The maximum absolute atomic E-state index is 12.2. The highest BCUT2D eigenvalue weighted by molar-refractivity contribution is 7.89. The summed E-state index contributed by atoms with van der Waals surface area (Å²) in [4.78, 5) is 11.0. The summed E-state index contributed by atoms with van der Waals surface area (Å²) in [6, 6.07) is 14.6. The summed E-state index contributed by atoms with van der Waals surface area (Å²) in [7, 11) is -3.41. The van der Waals surface area contributed by atoms with Crippen LogP contribution in [0.1, 0.15) is 11.1 Å². The Kier molecular flexibility index (Phi) is 5.44. The first-order chi connectivity index (χ1) is 10.9. The molecule has 2 aromatic carbocycles. The van der Waals surface area contributed by atoms with Gasteiger partial charge in [0.15, 0.2) is 9.84 Å². The number of carbonyl (C=O) groups excluding carboxylic acids is 1. The lowest BCUT2D eigenvalue weighted by Crippen LogP contribution is -2.20. The van der Waals surface area contributed by atoms with Crippen molar-refractivity contribution in [3.8, 4) is 0 Å². The van der Waals surface area contributed by atoms with Gasteiger partial charge in [-0.3, -0.25) is 4.79 Å². The molecule has 0 aromatic heterocycles. The number of alkyl halides is 2. The minimum Gasteiger partial charge on any atom is -0.321 e.